The highest BCUT2D eigenvalue weighted by atomic mass is 16.2. The lowest BCUT2D eigenvalue weighted by Crippen LogP contribution is -1.82. The van der Waals surface area contributed by atoms with Gasteiger partial charge in [-0.3, -0.25) is 0 Å². The average Bonchev–Trinajstić information content (AvgIpc) is 2.50. The van der Waals surface area contributed by atoms with Crippen molar-refractivity contribution < 1.29 is 5.11 Å². The summed E-state index contributed by atoms with van der Waals surface area (Å²) in [6.45, 7) is 2.60. The van der Waals surface area contributed by atoms with E-state index in [1.54, 1.807) is 0 Å². The molecule has 0 heterocycles. The Labute approximate surface area is 132 Å². The van der Waals surface area contributed by atoms with Gasteiger partial charge in [0.1, 0.15) is 0 Å². The minimum Gasteiger partial charge on any atom is -0.396 e. The fourth-order valence-corrected chi connectivity index (χ4v) is 2.19. The first kappa shape index (κ1) is 20.2. The first-order valence-corrected chi connectivity index (χ1v) is 8.97. The Balaban J connectivity index is 3.25. The summed E-state index contributed by atoms with van der Waals surface area (Å²) in [5.41, 5.74) is 0. The van der Waals surface area contributed by atoms with E-state index in [-0.39, 0.29) is 0 Å². The highest BCUT2D eigenvalue weighted by Gasteiger charge is 1.86. The molecular weight excluding hydrogens is 256 g/mol. The normalized spacial score (nSPS) is 12.3. The van der Waals surface area contributed by atoms with Crippen LogP contribution >= 0.6 is 0 Å². The van der Waals surface area contributed by atoms with Crippen molar-refractivity contribution in [2.24, 2.45) is 0 Å². The van der Waals surface area contributed by atoms with Crippen molar-refractivity contribution in [2.75, 3.05) is 6.61 Å². The Morgan fingerprint density at radius 2 is 1.05 bits per heavy atom. The van der Waals surface area contributed by atoms with Gasteiger partial charge < -0.3 is 5.11 Å². The van der Waals surface area contributed by atoms with Crippen molar-refractivity contribution in [3.05, 3.63) is 36.5 Å². The summed E-state index contributed by atoms with van der Waals surface area (Å²) < 4.78 is 0. The zero-order valence-electron chi connectivity index (χ0n) is 14.1. The molecule has 1 nitrogen and oxygen atoms in total. The zero-order chi connectivity index (χ0) is 15.4. The molecule has 0 aliphatic heterocycles. The van der Waals surface area contributed by atoms with Crippen LogP contribution in [0.25, 0.3) is 0 Å². The first-order valence-electron chi connectivity index (χ1n) is 8.97. The van der Waals surface area contributed by atoms with Gasteiger partial charge in [-0.25, -0.2) is 0 Å². The Hall–Kier alpha value is -0.820. The standard InChI is InChI=1S/C20H36O/c1-2-3-4-5-6-7-8-9-10-11-12-13-14-15-16-17-18-19-20-21/h7-8,10-11,13-14,21H,2-6,9,12,15-20H2,1H3. The highest BCUT2D eigenvalue weighted by Crippen LogP contribution is 2.04. The minimum absolute atomic E-state index is 0.341. The molecule has 0 spiro atoms. The summed E-state index contributed by atoms with van der Waals surface area (Å²) in [5.74, 6) is 0. The van der Waals surface area contributed by atoms with Gasteiger partial charge >= 0.3 is 0 Å². The SMILES string of the molecule is CCCCCCC=CCC=CCC=CCCCCCCO. The quantitative estimate of drug-likeness (QED) is 0.275. The molecule has 0 aromatic heterocycles. The minimum atomic E-state index is 0.341. The van der Waals surface area contributed by atoms with Crippen LogP contribution < -0.4 is 0 Å². The van der Waals surface area contributed by atoms with Crippen LogP contribution in [0.15, 0.2) is 36.5 Å². The predicted molar refractivity (Wildman–Crippen MR) is 95.6 cm³/mol. The van der Waals surface area contributed by atoms with Gasteiger partial charge in [-0.1, -0.05) is 75.5 Å². The monoisotopic (exact) mass is 292 g/mol. The third-order valence-electron chi connectivity index (χ3n) is 3.55. The molecule has 0 atom stereocenters. The van der Waals surface area contributed by atoms with E-state index >= 15 is 0 Å². The van der Waals surface area contributed by atoms with Crippen LogP contribution in [-0.2, 0) is 0 Å². The molecule has 0 amide bonds. The van der Waals surface area contributed by atoms with E-state index in [1.165, 1.54) is 51.4 Å². The van der Waals surface area contributed by atoms with Crippen LogP contribution in [0.5, 0.6) is 0 Å². The summed E-state index contributed by atoms with van der Waals surface area (Å²) in [6.07, 6.45) is 28.2. The summed E-state index contributed by atoms with van der Waals surface area (Å²) in [5, 5.41) is 8.67. The van der Waals surface area contributed by atoms with Crippen molar-refractivity contribution >= 4 is 0 Å². The van der Waals surface area contributed by atoms with Crippen LogP contribution in [-0.4, -0.2) is 11.7 Å². The molecule has 1 N–H and O–H groups in total. The van der Waals surface area contributed by atoms with Crippen molar-refractivity contribution in [2.45, 2.75) is 84.0 Å². The van der Waals surface area contributed by atoms with Crippen LogP contribution in [0, 0.1) is 0 Å². The fraction of sp³-hybridized carbons (Fsp3) is 0.700. The lowest BCUT2D eigenvalue weighted by Gasteiger charge is -1.95. The third kappa shape index (κ3) is 19.2. The second-order valence-electron chi connectivity index (χ2n) is 5.66. The van der Waals surface area contributed by atoms with Gasteiger partial charge in [-0.15, -0.1) is 0 Å². The molecule has 0 aliphatic carbocycles. The molecule has 0 aromatic rings. The van der Waals surface area contributed by atoms with E-state index in [0.717, 1.165) is 25.7 Å². The third-order valence-corrected chi connectivity index (χ3v) is 3.55. The van der Waals surface area contributed by atoms with Crippen molar-refractivity contribution in [3.63, 3.8) is 0 Å². The topological polar surface area (TPSA) is 20.2 Å². The van der Waals surface area contributed by atoms with Gasteiger partial charge in [0.25, 0.3) is 0 Å². The molecule has 0 radical (unpaired) electrons. The zero-order valence-corrected chi connectivity index (χ0v) is 14.1. The Morgan fingerprint density at radius 1 is 0.571 bits per heavy atom. The second kappa shape index (κ2) is 19.2. The molecule has 0 fully saturated rings. The molecule has 0 rings (SSSR count). The van der Waals surface area contributed by atoms with Crippen LogP contribution in [0.1, 0.15) is 84.0 Å². The molecule has 1 heteroatoms. The molecule has 0 unspecified atom stereocenters. The molecule has 122 valence electrons. The lowest BCUT2D eigenvalue weighted by atomic mass is 10.1. The summed E-state index contributed by atoms with van der Waals surface area (Å²) in [7, 11) is 0. The molecule has 0 saturated carbocycles. The van der Waals surface area contributed by atoms with Gasteiger partial charge in [0.2, 0.25) is 0 Å². The maximum Gasteiger partial charge on any atom is 0.0431 e. The lowest BCUT2D eigenvalue weighted by molar-refractivity contribution is 0.282. The van der Waals surface area contributed by atoms with Crippen LogP contribution in [0.3, 0.4) is 0 Å². The summed E-state index contributed by atoms with van der Waals surface area (Å²) in [4.78, 5) is 0. The summed E-state index contributed by atoms with van der Waals surface area (Å²) in [6, 6.07) is 0. The molecule has 0 aliphatic rings. The fourth-order valence-electron chi connectivity index (χ4n) is 2.19. The Morgan fingerprint density at radius 3 is 1.57 bits per heavy atom. The Bertz CT molecular complexity index is 263. The molecular formula is C20H36O. The maximum absolute atomic E-state index is 8.67. The van der Waals surface area contributed by atoms with Gasteiger partial charge in [0.05, 0.1) is 0 Å². The van der Waals surface area contributed by atoms with Crippen molar-refractivity contribution in [1.82, 2.24) is 0 Å². The van der Waals surface area contributed by atoms with Gasteiger partial charge in [-0.05, 0) is 44.9 Å². The predicted octanol–water partition coefficient (Wildman–Crippen LogP) is 6.35. The highest BCUT2D eigenvalue weighted by molar-refractivity contribution is 4.97. The molecule has 0 bridgehead atoms. The number of aliphatic hydroxyl groups is 1. The van der Waals surface area contributed by atoms with E-state index in [1.807, 2.05) is 0 Å². The van der Waals surface area contributed by atoms with E-state index in [9.17, 15) is 0 Å². The van der Waals surface area contributed by atoms with E-state index in [4.69, 9.17) is 5.11 Å². The number of hydrogen-bond donors (Lipinski definition) is 1. The first-order chi connectivity index (χ1) is 10.4. The number of allylic oxidation sites excluding steroid dienone is 6. The van der Waals surface area contributed by atoms with Crippen LogP contribution in [0.2, 0.25) is 0 Å². The molecule has 0 aromatic carbocycles. The van der Waals surface area contributed by atoms with E-state index in [0.29, 0.717) is 6.61 Å². The second-order valence-corrected chi connectivity index (χ2v) is 5.66. The number of hydrogen-bond acceptors (Lipinski definition) is 1. The van der Waals surface area contributed by atoms with Gasteiger partial charge in [-0.2, -0.15) is 0 Å². The Kier molecular flexibility index (Phi) is 18.4. The van der Waals surface area contributed by atoms with Gasteiger partial charge in [0.15, 0.2) is 0 Å². The summed E-state index contributed by atoms with van der Waals surface area (Å²) >= 11 is 0. The van der Waals surface area contributed by atoms with E-state index < -0.39 is 0 Å². The van der Waals surface area contributed by atoms with Gasteiger partial charge in [0, 0.05) is 6.61 Å². The maximum atomic E-state index is 8.67. The average molecular weight is 293 g/mol. The van der Waals surface area contributed by atoms with Crippen LogP contribution in [0.4, 0.5) is 0 Å². The number of unbranched alkanes of at least 4 members (excludes halogenated alkanes) is 8. The van der Waals surface area contributed by atoms with Crippen molar-refractivity contribution in [3.8, 4) is 0 Å². The number of aliphatic hydroxyl groups excluding tert-OH is 1. The van der Waals surface area contributed by atoms with Crippen molar-refractivity contribution in [1.29, 1.82) is 0 Å². The largest absolute Gasteiger partial charge is 0.396 e. The van der Waals surface area contributed by atoms with E-state index in [2.05, 4.69) is 43.4 Å². The molecule has 0 saturated heterocycles. The number of rotatable bonds is 15. The molecule has 21 heavy (non-hydrogen) atoms. The smallest absolute Gasteiger partial charge is 0.0431 e.